The zero-order chi connectivity index (χ0) is 13.7. The summed E-state index contributed by atoms with van der Waals surface area (Å²) in [7, 11) is 0. The van der Waals surface area contributed by atoms with Crippen LogP contribution in [0.3, 0.4) is 0 Å². The zero-order valence-corrected chi connectivity index (χ0v) is 10.7. The molecule has 2 aromatic rings. The fourth-order valence-electron chi connectivity index (χ4n) is 1.77. The van der Waals surface area contributed by atoms with E-state index in [0.29, 0.717) is 13.0 Å². The lowest BCUT2D eigenvalue weighted by molar-refractivity contribution is -0.137. The molecule has 2 heterocycles. The summed E-state index contributed by atoms with van der Waals surface area (Å²) in [4.78, 5) is 10.4. The molecule has 7 heteroatoms. The largest absolute Gasteiger partial charge is 0.481 e. The maximum absolute atomic E-state index is 10.4. The van der Waals surface area contributed by atoms with E-state index in [1.54, 1.807) is 4.68 Å². The first-order chi connectivity index (χ1) is 9.13. The topological polar surface area (TPSA) is 94.0 Å². The highest BCUT2D eigenvalue weighted by molar-refractivity contribution is 5.66. The summed E-state index contributed by atoms with van der Waals surface area (Å²) in [6.45, 7) is 2.37. The minimum atomic E-state index is -0.759. The Labute approximate surface area is 110 Å². The lowest BCUT2D eigenvalue weighted by Crippen LogP contribution is -2.00. The number of aromatic nitrogens is 4. The minimum Gasteiger partial charge on any atom is -0.481 e. The van der Waals surface area contributed by atoms with E-state index in [-0.39, 0.29) is 6.42 Å². The molecule has 0 aromatic carbocycles. The van der Waals surface area contributed by atoms with Crippen LogP contribution in [0.15, 0.2) is 16.8 Å². The number of carbonyl (C=O) groups is 1. The third-order valence-corrected chi connectivity index (χ3v) is 2.66. The summed E-state index contributed by atoms with van der Waals surface area (Å²) >= 11 is 0. The van der Waals surface area contributed by atoms with E-state index in [0.717, 1.165) is 30.0 Å². The molecule has 0 saturated carbocycles. The van der Waals surface area contributed by atoms with Crippen LogP contribution in [0.4, 0.5) is 0 Å². The molecule has 102 valence electrons. The van der Waals surface area contributed by atoms with Crippen LogP contribution in [-0.2, 0) is 17.8 Å². The Hall–Kier alpha value is -2.18. The second-order valence-corrected chi connectivity index (χ2v) is 4.44. The van der Waals surface area contributed by atoms with Crippen molar-refractivity contribution >= 4 is 5.97 Å². The lowest BCUT2D eigenvalue weighted by Gasteiger charge is -1.95. The van der Waals surface area contributed by atoms with Crippen molar-refractivity contribution in [3.05, 3.63) is 29.4 Å². The number of nitrogens with zero attached hydrogens (tertiary/aromatic N) is 4. The number of aryl methyl sites for hydroxylation is 2. The van der Waals surface area contributed by atoms with Gasteiger partial charge >= 0.3 is 5.97 Å². The van der Waals surface area contributed by atoms with Gasteiger partial charge in [-0.3, -0.25) is 4.79 Å². The Kier molecular flexibility index (Phi) is 4.27. The van der Waals surface area contributed by atoms with Crippen LogP contribution in [0.5, 0.6) is 0 Å². The molecule has 0 atom stereocenters. The first-order valence-corrected chi connectivity index (χ1v) is 6.16. The standard InChI is InChI=1S/C12H16N4O3/c1-9-6-11(14-19-9)8-16-7-10(13-15-16)4-2-3-5-12(17)18/h6-7H,2-5,8H2,1H3,(H,17,18). The number of rotatable bonds is 7. The predicted molar refractivity (Wildman–Crippen MR) is 65.6 cm³/mol. The second-order valence-electron chi connectivity index (χ2n) is 4.44. The number of carboxylic acids is 1. The van der Waals surface area contributed by atoms with Gasteiger partial charge in [0.1, 0.15) is 11.5 Å². The Morgan fingerprint density at radius 1 is 1.42 bits per heavy atom. The van der Waals surface area contributed by atoms with Crippen molar-refractivity contribution in [2.75, 3.05) is 0 Å². The van der Waals surface area contributed by atoms with Gasteiger partial charge in [0.05, 0.1) is 12.2 Å². The van der Waals surface area contributed by atoms with Gasteiger partial charge in [-0.1, -0.05) is 10.4 Å². The molecule has 0 unspecified atom stereocenters. The smallest absolute Gasteiger partial charge is 0.303 e. The SMILES string of the molecule is Cc1cc(Cn2cc(CCCCC(=O)O)nn2)no1. The average Bonchev–Trinajstić information content (AvgIpc) is 2.95. The van der Waals surface area contributed by atoms with Gasteiger partial charge in [-0.05, 0) is 26.2 Å². The molecule has 0 radical (unpaired) electrons. The first-order valence-electron chi connectivity index (χ1n) is 6.16. The first kappa shape index (κ1) is 13.3. The van der Waals surface area contributed by atoms with Crippen LogP contribution in [0.1, 0.15) is 36.4 Å². The van der Waals surface area contributed by atoms with Gasteiger partial charge in [0.2, 0.25) is 0 Å². The second kappa shape index (κ2) is 6.12. The Balaban J connectivity index is 1.80. The summed E-state index contributed by atoms with van der Waals surface area (Å²) < 4.78 is 6.68. The van der Waals surface area contributed by atoms with E-state index in [1.165, 1.54) is 0 Å². The van der Waals surface area contributed by atoms with Crippen LogP contribution >= 0.6 is 0 Å². The predicted octanol–water partition coefficient (Wildman–Crippen LogP) is 1.42. The molecule has 2 aromatic heterocycles. The number of hydrogen-bond donors (Lipinski definition) is 1. The number of carboxylic acid groups (broad SMARTS) is 1. The Morgan fingerprint density at radius 2 is 2.26 bits per heavy atom. The lowest BCUT2D eigenvalue weighted by atomic mass is 10.1. The van der Waals surface area contributed by atoms with Gasteiger partial charge in [-0.25, -0.2) is 4.68 Å². The van der Waals surface area contributed by atoms with Crippen LogP contribution in [-0.4, -0.2) is 31.2 Å². The van der Waals surface area contributed by atoms with E-state index in [1.807, 2.05) is 19.2 Å². The molecule has 0 amide bonds. The minimum absolute atomic E-state index is 0.201. The van der Waals surface area contributed by atoms with Crippen LogP contribution in [0.25, 0.3) is 0 Å². The van der Waals surface area contributed by atoms with Crippen molar-refractivity contribution in [3.8, 4) is 0 Å². The van der Waals surface area contributed by atoms with Crippen molar-refractivity contribution < 1.29 is 14.4 Å². The number of unbranched alkanes of at least 4 members (excludes halogenated alkanes) is 1. The van der Waals surface area contributed by atoms with Gasteiger partial charge in [0.25, 0.3) is 0 Å². The van der Waals surface area contributed by atoms with Gasteiger partial charge in [-0.2, -0.15) is 0 Å². The maximum Gasteiger partial charge on any atom is 0.303 e. The van der Waals surface area contributed by atoms with Crippen molar-refractivity contribution in [3.63, 3.8) is 0 Å². The van der Waals surface area contributed by atoms with Crippen molar-refractivity contribution in [1.82, 2.24) is 20.2 Å². The van der Waals surface area contributed by atoms with Crippen molar-refractivity contribution in [1.29, 1.82) is 0 Å². The third kappa shape index (κ3) is 4.20. The number of hydrogen-bond acceptors (Lipinski definition) is 5. The number of aliphatic carboxylic acids is 1. The zero-order valence-electron chi connectivity index (χ0n) is 10.7. The highest BCUT2D eigenvalue weighted by Gasteiger charge is 2.05. The summed E-state index contributed by atoms with van der Waals surface area (Å²) in [5.41, 5.74) is 1.67. The molecule has 0 spiro atoms. The normalized spacial score (nSPS) is 10.8. The maximum atomic E-state index is 10.4. The molecule has 7 nitrogen and oxygen atoms in total. The fourth-order valence-corrected chi connectivity index (χ4v) is 1.77. The molecule has 1 N–H and O–H groups in total. The average molecular weight is 264 g/mol. The molecule has 0 fully saturated rings. The summed E-state index contributed by atoms with van der Waals surface area (Å²) in [6.07, 6.45) is 4.25. The summed E-state index contributed by atoms with van der Waals surface area (Å²) in [6, 6.07) is 1.86. The highest BCUT2D eigenvalue weighted by atomic mass is 16.5. The van der Waals surface area contributed by atoms with Crippen LogP contribution in [0.2, 0.25) is 0 Å². The quantitative estimate of drug-likeness (QED) is 0.760. The van der Waals surface area contributed by atoms with Crippen molar-refractivity contribution in [2.45, 2.75) is 39.2 Å². The van der Waals surface area contributed by atoms with Crippen LogP contribution < -0.4 is 0 Å². The Morgan fingerprint density at radius 3 is 2.95 bits per heavy atom. The molecule has 2 rings (SSSR count). The van der Waals surface area contributed by atoms with E-state index in [9.17, 15) is 4.79 Å². The molecular formula is C12H16N4O3. The molecule has 0 aliphatic carbocycles. The van der Waals surface area contributed by atoms with Gasteiger partial charge < -0.3 is 9.63 Å². The van der Waals surface area contributed by atoms with Gasteiger partial charge in [-0.15, -0.1) is 5.10 Å². The van der Waals surface area contributed by atoms with E-state index >= 15 is 0 Å². The summed E-state index contributed by atoms with van der Waals surface area (Å²) in [5.74, 6) is 0.00839. The summed E-state index contributed by atoms with van der Waals surface area (Å²) in [5, 5.41) is 20.5. The van der Waals surface area contributed by atoms with Gasteiger partial charge in [0, 0.05) is 18.7 Å². The van der Waals surface area contributed by atoms with Crippen LogP contribution in [0, 0.1) is 6.92 Å². The Bertz CT molecular complexity index is 547. The highest BCUT2D eigenvalue weighted by Crippen LogP contribution is 2.06. The third-order valence-electron chi connectivity index (χ3n) is 2.66. The molecule has 19 heavy (non-hydrogen) atoms. The van der Waals surface area contributed by atoms with Crippen molar-refractivity contribution in [2.24, 2.45) is 0 Å². The fraction of sp³-hybridized carbons (Fsp3) is 0.500. The van der Waals surface area contributed by atoms with Gasteiger partial charge in [0.15, 0.2) is 0 Å². The molecule has 0 saturated heterocycles. The molecular weight excluding hydrogens is 248 g/mol. The molecule has 0 bridgehead atoms. The van der Waals surface area contributed by atoms with E-state index in [2.05, 4.69) is 15.5 Å². The molecule has 0 aliphatic rings. The molecule has 0 aliphatic heterocycles. The van der Waals surface area contributed by atoms with E-state index < -0.39 is 5.97 Å². The van der Waals surface area contributed by atoms with E-state index in [4.69, 9.17) is 9.63 Å². The monoisotopic (exact) mass is 264 g/mol.